The molecule has 4 nitrogen and oxygen atoms in total. The number of nitrogens with zero attached hydrogens (tertiary/aromatic N) is 1. The summed E-state index contributed by atoms with van der Waals surface area (Å²) in [6.07, 6.45) is 1.96. The number of pyridine rings is 1. The minimum atomic E-state index is -0.0624. The summed E-state index contributed by atoms with van der Waals surface area (Å²) >= 11 is 3.22. The highest BCUT2D eigenvalue weighted by Gasteiger charge is 2.01. The van der Waals surface area contributed by atoms with Crippen molar-refractivity contribution in [3.8, 4) is 0 Å². The van der Waals surface area contributed by atoms with Crippen molar-refractivity contribution < 1.29 is 9.53 Å². The van der Waals surface area contributed by atoms with Crippen LogP contribution >= 0.6 is 15.9 Å². The van der Waals surface area contributed by atoms with Gasteiger partial charge in [-0.05, 0) is 35.0 Å². The van der Waals surface area contributed by atoms with Gasteiger partial charge in [-0.2, -0.15) is 0 Å². The predicted molar refractivity (Wildman–Crippen MR) is 61.7 cm³/mol. The van der Waals surface area contributed by atoms with E-state index in [9.17, 15) is 4.79 Å². The van der Waals surface area contributed by atoms with Crippen LogP contribution in [-0.4, -0.2) is 24.1 Å². The second-order valence-corrected chi connectivity index (χ2v) is 3.68. The van der Waals surface area contributed by atoms with E-state index in [0.717, 1.165) is 4.60 Å². The number of nitrogens with one attached hydrogen (secondary N) is 1. The lowest BCUT2D eigenvalue weighted by atomic mass is 10.3. The van der Waals surface area contributed by atoms with E-state index >= 15 is 0 Å². The maximum absolute atomic E-state index is 11.3. The van der Waals surface area contributed by atoms with Gasteiger partial charge in [0.2, 0.25) is 5.91 Å². The Morgan fingerprint density at radius 2 is 2.40 bits per heavy atom. The van der Waals surface area contributed by atoms with Crippen molar-refractivity contribution in [1.82, 2.24) is 4.98 Å². The molecule has 0 atom stereocenters. The molecule has 0 spiro atoms. The fourth-order valence-electron chi connectivity index (χ4n) is 0.982. The molecular weight excluding hydrogens is 260 g/mol. The number of halogens is 1. The lowest BCUT2D eigenvalue weighted by molar-refractivity contribution is -0.117. The average molecular weight is 273 g/mol. The summed E-state index contributed by atoms with van der Waals surface area (Å²) in [5.74, 6) is -0.0624. The number of amides is 1. The molecule has 1 amide bonds. The van der Waals surface area contributed by atoms with E-state index in [1.165, 1.54) is 0 Å². The standard InChI is InChI=1S/C10H13BrN2O2/c1-2-15-6-5-10(14)13-8-3-4-9(11)12-7-8/h3-4,7H,2,5-6H2,1H3,(H,13,14). The van der Waals surface area contributed by atoms with E-state index in [1.54, 1.807) is 18.3 Å². The van der Waals surface area contributed by atoms with Crippen LogP contribution in [0.4, 0.5) is 5.69 Å². The number of hydrogen-bond acceptors (Lipinski definition) is 3. The van der Waals surface area contributed by atoms with Crippen molar-refractivity contribution in [1.29, 1.82) is 0 Å². The van der Waals surface area contributed by atoms with Crippen LogP contribution in [0.3, 0.4) is 0 Å². The molecule has 0 unspecified atom stereocenters. The molecule has 1 N–H and O–H groups in total. The molecule has 0 radical (unpaired) electrons. The van der Waals surface area contributed by atoms with Crippen LogP contribution in [-0.2, 0) is 9.53 Å². The van der Waals surface area contributed by atoms with Crippen LogP contribution < -0.4 is 5.32 Å². The summed E-state index contributed by atoms with van der Waals surface area (Å²) in [6.45, 7) is 2.98. The Morgan fingerprint density at radius 3 is 3.00 bits per heavy atom. The molecular formula is C10H13BrN2O2. The van der Waals surface area contributed by atoms with Crippen LogP contribution in [0.15, 0.2) is 22.9 Å². The molecule has 0 aliphatic heterocycles. The molecule has 0 aliphatic carbocycles. The molecule has 0 saturated heterocycles. The fraction of sp³-hybridized carbons (Fsp3) is 0.400. The molecule has 0 aromatic carbocycles. The highest BCUT2D eigenvalue weighted by Crippen LogP contribution is 2.10. The second-order valence-electron chi connectivity index (χ2n) is 2.86. The van der Waals surface area contributed by atoms with E-state index in [1.807, 2.05) is 6.92 Å². The smallest absolute Gasteiger partial charge is 0.226 e. The van der Waals surface area contributed by atoms with Crippen LogP contribution in [0.2, 0.25) is 0 Å². The summed E-state index contributed by atoms with van der Waals surface area (Å²) in [4.78, 5) is 15.3. The third-order valence-corrected chi connectivity index (χ3v) is 2.16. The first-order valence-corrected chi connectivity index (χ1v) is 5.51. The Balaban J connectivity index is 2.34. The van der Waals surface area contributed by atoms with Gasteiger partial charge in [-0.3, -0.25) is 4.79 Å². The maximum atomic E-state index is 11.3. The molecule has 15 heavy (non-hydrogen) atoms. The Labute approximate surface area is 97.2 Å². The zero-order chi connectivity index (χ0) is 11.1. The highest BCUT2D eigenvalue weighted by atomic mass is 79.9. The first-order chi connectivity index (χ1) is 7.22. The summed E-state index contributed by atoms with van der Waals surface area (Å²) in [6, 6.07) is 3.56. The first kappa shape index (κ1) is 12.1. The number of aromatic nitrogens is 1. The highest BCUT2D eigenvalue weighted by molar-refractivity contribution is 9.10. The lowest BCUT2D eigenvalue weighted by Gasteiger charge is -2.04. The topological polar surface area (TPSA) is 51.2 Å². The van der Waals surface area contributed by atoms with Crippen LogP contribution in [0.1, 0.15) is 13.3 Å². The van der Waals surface area contributed by atoms with Gasteiger partial charge < -0.3 is 10.1 Å². The van der Waals surface area contributed by atoms with Crippen LogP contribution in [0, 0.1) is 0 Å². The fourth-order valence-corrected chi connectivity index (χ4v) is 1.22. The SMILES string of the molecule is CCOCCC(=O)Nc1ccc(Br)nc1. The summed E-state index contributed by atoms with van der Waals surface area (Å²) in [5, 5.41) is 2.73. The third-order valence-electron chi connectivity index (χ3n) is 1.69. The zero-order valence-electron chi connectivity index (χ0n) is 8.50. The molecule has 1 aromatic rings. The maximum Gasteiger partial charge on any atom is 0.226 e. The molecule has 0 bridgehead atoms. The molecule has 82 valence electrons. The van der Waals surface area contributed by atoms with Gasteiger partial charge in [0.25, 0.3) is 0 Å². The Bertz CT molecular complexity index is 314. The lowest BCUT2D eigenvalue weighted by Crippen LogP contribution is -2.14. The van der Waals surface area contributed by atoms with E-state index in [2.05, 4.69) is 26.2 Å². The summed E-state index contributed by atoms with van der Waals surface area (Å²) in [5.41, 5.74) is 0.694. The van der Waals surface area contributed by atoms with Gasteiger partial charge in [-0.25, -0.2) is 4.98 Å². The minimum Gasteiger partial charge on any atom is -0.381 e. The van der Waals surface area contributed by atoms with Gasteiger partial charge in [0, 0.05) is 6.61 Å². The zero-order valence-corrected chi connectivity index (χ0v) is 10.1. The molecule has 1 heterocycles. The quantitative estimate of drug-likeness (QED) is 0.661. The minimum absolute atomic E-state index is 0.0624. The summed E-state index contributed by atoms with van der Waals surface area (Å²) in [7, 11) is 0. The number of rotatable bonds is 5. The number of ether oxygens (including phenoxy) is 1. The average Bonchev–Trinajstić information content (AvgIpc) is 2.22. The predicted octanol–water partition coefficient (Wildman–Crippen LogP) is 2.21. The number of carbonyl (C=O) groups excluding carboxylic acids is 1. The van der Waals surface area contributed by atoms with Crippen molar-refractivity contribution in [2.24, 2.45) is 0 Å². The first-order valence-electron chi connectivity index (χ1n) is 4.71. The Kier molecular flexibility index (Phi) is 5.28. The van der Waals surface area contributed by atoms with E-state index in [4.69, 9.17) is 4.74 Å². The van der Waals surface area contributed by atoms with Crippen molar-refractivity contribution >= 4 is 27.5 Å². The van der Waals surface area contributed by atoms with Crippen molar-refractivity contribution in [3.05, 3.63) is 22.9 Å². The van der Waals surface area contributed by atoms with Crippen LogP contribution in [0.25, 0.3) is 0 Å². The van der Waals surface area contributed by atoms with Gasteiger partial charge in [-0.1, -0.05) is 0 Å². The monoisotopic (exact) mass is 272 g/mol. The Hall–Kier alpha value is -0.940. The molecule has 1 rings (SSSR count). The van der Waals surface area contributed by atoms with Gasteiger partial charge in [-0.15, -0.1) is 0 Å². The van der Waals surface area contributed by atoms with Gasteiger partial charge in [0.1, 0.15) is 4.60 Å². The van der Waals surface area contributed by atoms with Gasteiger partial charge in [0.05, 0.1) is 24.9 Å². The normalized spacial score (nSPS) is 10.0. The Morgan fingerprint density at radius 1 is 1.60 bits per heavy atom. The molecule has 0 fully saturated rings. The summed E-state index contributed by atoms with van der Waals surface area (Å²) < 4.78 is 5.82. The molecule has 0 aliphatic rings. The number of anilines is 1. The molecule has 0 saturated carbocycles. The molecule has 1 aromatic heterocycles. The van der Waals surface area contributed by atoms with Crippen molar-refractivity contribution in [2.75, 3.05) is 18.5 Å². The van der Waals surface area contributed by atoms with E-state index < -0.39 is 0 Å². The largest absolute Gasteiger partial charge is 0.381 e. The number of hydrogen-bond donors (Lipinski definition) is 1. The number of carbonyl (C=O) groups is 1. The van der Waals surface area contributed by atoms with Gasteiger partial charge >= 0.3 is 0 Å². The van der Waals surface area contributed by atoms with Crippen LogP contribution in [0.5, 0.6) is 0 Å². The molecule has 5 heteroatoms. The van der Waals surface area contributed by atoms with E-state index in [-0.39, 0.29) is 5.91 Å². The van der Waals surface area contributed by atoms with Crippen molar-refractivity contribution in [3.63, 3.8) is 0 Å². The van der Waals surface area contributed by atoms with E-state index in [0.29, 0.717) is 25.3 Å². The van der Waals surface area contributed by atoms with Gasteiger partial charge in [0.15, 0.2) is 0 Å². The van der Waals surface area contributed by atoms with Crippen molar-refractivity contribution in [2.45, 2.75) is 13.3 Å². The second kappa shape index (κ2) is 6.53. The third kappa shape index (κ3) is 4.90.